The van der Waals surface area contributed by atoms with Crippen molar-refractivity contribution in [3.8, 4) is 11.4 Å². The molecule has 164 valence electrons. The molecule has 0 aliphatic heterocycles. The second-order valence-electron chi connectivity index (χ2n) is 6.98. The van der Waals surface area contributed by atoms with Gasteiger partial charge in [0.2, 0.25) is 0 Å². The Labute approximate surface area is 185 Å². The number of nitrogens with zero attached hydrogens (tertiary/aromatic N) is 3. The van der Waals surface area contributed by atoms with Crippen molar-refractivity contribution in [1.29, 1.82) is 0 Å². The lowest BCUT2D eigenvalue weighted by atomic mass is 10.2. The maximum atomic E-state index is 13.0. The standard InChI is InChI=1S/C22H16ClF3N4O2/c1-13-6-9-20(19(10-13)30-28-17-4-2-3-5-18(17)29-30)32-12-21(31)27-14-7-8-16(23)15(11-14)22(24,25)26/h2-11H,12H2,1H3,(H,27,31). The van der Waals surface area contributed by atoms with E-state index < -0.39 is 29.3 Å². The minimum absolute atomic E-state index is 0.0422. The first kappa shape index (κ1) is 21.6. The molecule has 0 unspecified atom stereocenters. The number of anilines is 1. The zero-order valence-corrected chi connectivity index (χ0v) is 17.4. The number of carbonyl (C=O) groups is 1. The molecule has 0 saturated carbocycles. The van der Waals surface area contributed by atoms with Crippen LogP contribution in [0, 0.1) is 6.92 Å². The Hall–Kier alpha value is -3.59. The highest BCUT2D eigenvalue weighted by Crippen LogP contribution is 2.36. The van der Waals surface area contributed by atoms with Crippen LogP contribution in [0.4, 0.5) is 18.9 Å². The fourth-order valence-electron chi connectivity index (χ4n) is 3.03. The number of aryl methyl sites for hydroxylation is 1. The first-order valence-electron chi connectivity index (χ1n) is 9.43. The molecule has 6 nitrogen and oxygen atoms in total. The molecule has 0 fully saturated rings. The van der Waals surface area contributed by atoms with Gasteiger partial charge >= 0.3 is 6.18 Å². The molecule has 1 amide bonds. The fourth-order valence-corrected chi connectivity index (χ4v) is 3.26. The Bertz CT molecular complexity index is 1270. The van der Waals surface area contributed by atoms with Crippen LogP contribution < -0.4 is 10.1 Å². The molecule has 0 atom stereocenters. The van der Waals surface area contributed by atoms with Gasteiger partial charge in [0, 0.05) is 5.69 Å². The van der Waals surface area contributed by atoms with Crippen LogP contribution in [0.1, 0.15) is 11.1 Å². The van der Waals surface area contributed by atoms with Gasteiger partial charge in [0.05, 0.1) is 10.6 Å². The topological polar surface area (TPSA) is 69.0 Å². The highest BCUT2D eigenvalue weighted by molar-refractivity contribution is 6.31. The average molecular weight is 461 g/mol. The summed E-state index contributed by atoms with van der Waals surface area (Å²) in [5, 5.41) is 10.8. The summed E-state index contributed by atoms with van der Waals surface area (Å²) >= 11 is 5.60. The number of hydrogen-bond acceptors (Lipinski definition) is 4. The van der Waals surface area contributed by atoms with E-state index in [-0.39, 0.29) is 5.69 Å². The van der Waals surface area contributed by atoms with E-state index in [9.17, 15) is 18.0 Å². The molecule has 10 heteroatoms. The Morgan fingerprint density at radius 1 is 1.06 bits per heavy atom. The van der Waals surface area contributed by atoms with E-state index in [1.54, 1.807) is 18.2 Å². The minimum atomic E-state index is -4.63. The van der Waals surface area contributed by atoms with Gasteiger partial charge in [-0.1, -0.05) is 29.8 Å². The third-order valence-electron chi connectivity index (χ3n) is 4.53. The van der Waals surface area contributed by atoms with Crippen molar-refractivity contribution >= 4 is 34.2 Å². The number of fused-ring (bicyclic) bond motifs is 1. The molecule has 0 saturated heterocycles. The van der Waals surface area contributed by atoms with Crippen LogP contribution in [-0.2, 0) is 11.0 Å². The van der Waals surface area contributed by atoms with Crippen LogP contribution >= 0.6 is 11.6 Å². The number of halogens is 4. The Morgan fingerprint density at radius 3 is 2.41 bits per heavy atom. The third kappa shape index (κ3) is 4.67. The number of benzene rings is 3. The summed E-state index contributed by atoms with van der Waals surface area (Å²) in [6.07, 6.45) is -4.63. The van der Waals surface area contributed by atoms with Crippen LogP contribution in [0.5, 0.6) is 5.75 Å². The van der Waals surface area contributed by atoms with Crippen molar-refractivity contribution < 1.29 is 22.7 Å². The van der Waals surface area contributed by atoms with Gasteiger partial charge in [-0.3, -0.25) is 4.79 Å². The van der Waals surface area contributed by atoms with Crippen molar-refractivity contribution in [2.45, 2.75) is 13.1 Å². The number of rotatable bonds is 5. The number of carbonyl (C=O) groups excluding carboxylic acids is 1. The number of hydrogen-bond donors (Lipinski definition) is 1. The van der Waals surface area contributed by atoms with Gasteiger partial charge in [-0.05, 0) is 55.0 Å². The molecule has 3 aromatic carbocycles. The first-order valence-corrected chi connectivity index (χ1v) is 9.81. The number of nitrogens with one attached hydrogen (secondary N) is 1. The Morgan fingerprint density at radius 2 is 1.75 bits per heavy atom. The summed E-state index contributed by atoms with van der Waals surface area (Å²) in [5.41, 5.74) is 1.77. The molecule has 4 aromatic rings. The lowest BCUT2D eigenvalue weighted by Crippen LogP contribution is -2.21. The molecule has 32 heavy (non-hydrogen) atoms. The number of alkyl halides is 3. The summed E-state index contributed by atoms with van der Waals surface area (Å²) in [6.45, 7) is 1.46. The van der Waals surface area contributed by atoms with E-state index in [1.807, 2.05) is 31.2 Å². The Balaban J connectivity index is 1.51. The normalized spacial score (nSPS) is 11.5. The second-order valence-corrected chi connectivity index (χ2v) is 7.39. The number of amides is 1. The zero-order valence-electron chi connectivity index (χ0n) is 16.7. The van der Waals surface area contributed by atoms with E-state index in [0.717, 1.165) is 17.7 Å². The SMILES string of the molecule is Cc1ccc(OCC(=O)Nc2ccc(Cl)c(C(F)(F)F)c2)c(-n2nc3ccccc3n2)c1. The van der Waals surface area contributed by atoms with Gasteiger partial charge in [0.1, 0.15) is 22.5 Å². The van der Waals surface area contributed by atoms with E-state index in [1.165, 1.54) is 10.9 Å². The van der Waals surface area contributed by atoms with E-state index >= 15 is 0 Å². The van der Waals surface area contributed by atoms with Gasteiger partial charge in [-0.25, -0.2) is 0 Å². The summed E-state index contributed by atoms with van der Waals surface area (Å²) in [6, 6.07) is 15.8. The van der Waals surface area contributed by atoms with Gasteiger partial charge in [-0.15, -0.1) is 15.0 Å². The van der Waals surface area contributed by atoms with E-state index in [4.69, 9.17) is 16.3 Å². The van der Waals surface area contributed by atoms with Crippen molar-refractivity contribution in [3.05, 3.63) is 76.8 Å². The second kappa shape index (κ2) is 8.51. The lowest BCUT2D eigenvalue weighted by molar-refractivity contribution is -0.137. The van der Waals surface area contributed by atoms with Gasteiger partial charge in [0.25, 0.3) is 5.91 Å². The minimum Gasteiger partial charge on any atom is -0.481 e. The van der Waals surface area contributed by atoms with Crippen molar-refractivity contribution in [2.75, 3.05) is 11.9 Å². The molecule has 0 aliphatic rings. The summed E-state index contributed by atoms with van der Waals surface area (Å²) in [5.74, 6) is -0.288. The maximum Gasteiger partial charge on any atom is 0.417 e. The molecule has 0 radical (unpaired) electrons. The van der Waals surface area contributed by atoms with Crippen LogP contribution in [0.3, 0.4) is 0 Å². The van der Waals surface area contributed by atoms with Crippen LogP contribution in [0.25, 0.3) is 16.7 Å². The lowest BCUT2D eigenvalue weighted by Gasteiger charge is -2.13. The van der Waals surface area contributed by atoms with Crippen LogP contribution in [0.2, 0.25) is 5.02 Å². The molecular weight excluding hydrogens is 445 g/mol. The van der Waals surface area contributed by atoms with Crippen molar-refractivity contribution in [2.24, 2.45) is 0 Å². The molecule has 0 aliphatic carbocycles. The molecule has 0 spiro atoms. The summed E-state index contributed by atoms with van der Waals surface area (Å²) in [4.78, 5) is 13.7. The smallest absolute Gasteiger partial charge is 0.417 e. The molecule has 1 N–H and O–H groups in total. The monoisotopic (exact) mass is 460 g/mol. The predicted octanol–water partition coefficient (Wildman–Crippen LogP) is 5.42. The van der Waals surface area contributed by atoms with Crippen molar-refractivity contribution in [3.63, 3.8) is 0 Å². The number of ether oxygens (including phenoxy) is 1. The summed E-state index contributed by atoms with van der Waals surface area (Å²) in [7, 11) is 0. The predicted molar refractivity (Wildman–Crippen MR) is 114 cm³/mol. The average Bonchev–Trinajstić information content (AvgIpc) is 3.17. The quantitative estimate of drug-likeness (QED) is 0.432. The van der Waals surface area contributed by atoms with Crippen LogP contribution in [-0.4, -0.2) is 27.5 Å². The fraction of sp³-hybridized carbons (Fsp3) is 0.136. The van der Waals surface area contributed by atoms with Crippen molar-refractivity contribution in [1.82, 2.24) is 15.0 Å². The van der Waals surface area contributed by atoms with Crippen LogP contribution in [0.15, 0.2) is 60.7 Å². The molecule has 1 aromatic heterocycles. The highest BCUT2D eigenvalue weighted by atomic mass is 35.5. The molecule has 0 bridgehead atoms. The highest BCUT2D eigenvalue weighted by Gasteiger charge is 2.33. The zero-order chi connectivity index (χ0) is 22.9. The molecule has 4 rings (SSSR count). The van der Waals surface area contributed by atoms with Gasteiger partial charge in [0.15, 0.2) is 6.61 Å². The molecular formula is C22H16ClF3N4O2. The Kier molecular flexibility index (Phi) is 5.75. The number of aromatic nitrogens is 3. The van der Waals surface area contributed by atoms with E-state index in [2.05, 4.69) is 15.5 Å². The van der Waals surface area contributed by atoms with E-state index in [0.29, 0.717) is 22.5 Å². The van der Waals surface area contributed by atoms with Gasteiger partial charge < -0.3 is 10.1 Å². The maximum absolute atomic E-state index is 13.0. The first-order chi connectivity index (χ1) is 15.2. The largest absolute Gasteiger partial charge is 0.481 e. The third-order valence-corrected chi connectivity index (χ3v) is 4.86. The molecule has 1 heterocycles. The summed E-state index contributed by atoms with van der Waals surface area (Å²) < 4.78 is 44.7. The van der Waals surface area contributed by atoms with Gasteiger partial charge in [-0.2, -0.15) is 13.2 Å².